The first-order valence-electron chi connectivity index (χ1n) is 8.95. The van der Waals surface area contributed by atoms with Crippen molar-refractivity contribution in [1.29, 1.82) is 0 Å². The van der Waals surface area contributed by atoms with Crippen LogP contribution in [0.1, 0.15) is 39.2 Å². The summed E-state index contributed by atoms with van der Waals surface area (Å²) >= 11 is 0. The summed E-state index contributed by atoms with van der Waals surface area (Å²) < 4.78 is 11.4. The van der Waals surface area contributed by atoms with Crippen LogP contribution in [0.15, 0.2) is 30.3 Å². The van der Waals surface area contributed by atoms with Gasteiger partial charge in [0.2, 0.25) is 0 Å². The Balaban J connectivity index is 1.63. The second-order valence-corrected chi connectivity index (χ2v) is 7.72. The molecule has 0 aromatic heterocycles. The number of ether oxygens (including phenoxy) is 2. The first-order chi connectivity index (χ1) is 11.9. The molecule has 138 valence electrons. The number of morpholine rings is 1. The molecule has 0 N–H and O–H groups in total. The minimum Gasteiger partial charge on any atom is -0.427 e. The molecule has 25 heavy (non-hydrogen) atoms. The molecule has 2 aliphatic heterocycles. The van der Waals surface area contributed by atoms with E-state index < -0.39 is 17.5 Å². The Labute approximate surface area is 149 Å². The third-order valence-electron chi connectivity index (χ3n) is 4.52. The predicted octanol–water partition coefficient (Wildman–Crippen LogP) is 3.18. The van der Waals surface area contributed by atoms with Gasteiger partial charge in [0.05, 0.1) is 19.7 Å². The molecule has 1 spiro atoms. The van der Waals surface area contributed by atoms with Crippen molar-refractivity contribution >= 4 is 6.16 Å². The molecule has 2 saturated heterocycles. The van der Waals surface area contributed by atoms with Crippen LogP contribution in [-0.2, 0) is 20.9 Å². The maximum absolute atomic E-state index is 12.0. The fraction of sp³-hybridized carbons (Fsp3) is 0.632. The van der Waals surface area contributed by atoms with Crippen molar-refractivity contribution in [3.63, 3.8) is 0 Å². The van der Waals surface area contributed by atoms with Gasteiger partial charge in [-0.2, -0.15) is 0 Å². The van der Waals surface area contributed by atoms with E-state index in [0.29, 0.717) is 19.7 Å². The Morgan fingerprint density at radius 1 is 1.24 bits per heavy atom. The van der Waals surface area contributed by atoms with Crippen LogP contribution in [0.2, 0.25) is 0 Å². The third kappa shape index (κ3) is 4.71. The highest BCUT2D eigenvalue weighted by atomic mass is 16.8. The molecule has 0 bridgehead atoms. The lowest BCUT2D eigenvalue weighted by molar-refractivity contribution is -0.256. The number of likely N-dealkylation sites (tertiary alicyclic amines) is 1. The van der Waals surface area contributed by atoms with Crippen molar-refractivity contribution < 1.29 is 19.1 Å². The molecule has 2 fully saturated rings. The average Bonchev–Trinajstić information content (AvgIpc) is 2.88. The average molecular weight is 348 g/mol. The van der Waals surface area contributed by atoms with Gasteiger partial charge in [0.1, 0.15) is 11.3 Å². The van der Waals surface area contributed by atoms with E-state index in [0.717, 1.165) is 25.9 Å². The monoisotopic (exact) mass is 348 g/mol. The fourth-order valence-electron chi connectivity index (χ4n) is 3.47. The van der Waals surface area contributed by atoms with Gasteiger partial charge in [0.15, 0.2) is 0 Å². The molecule has 1 aromatic rings. The summed E-state index contributed by atoms with van der Waals surface area (Å²) in [4.78, 5) is 19.7. The molecule has 0 saturated carbocycles. The zero-order valence-electron chi connectivity index (χ0n) is 15.4. The highest BCUT2D eigenvalue weighted by molar-refractivity contribution is 5.60. The molecule has 0 radical (unpaired) electrons. The summed E-state index contributed by atoms with van der Waals surface area (Å²) in [5.74, 6) is 0. The number of hydroxylamine groups is 2. The van der Waals surface area contributed by atoms with Crippen molar-refractivity contribution in [2.45, 2.75) is 51.5 Å². The summed E-state index contributed by atoms with van der Waals surface area (Å²) in [6.07, 6.45) is 1.36. The van der Waals surface area contributed by atoms with E-state index in [1.807, 2.05) is 26.8 Å². The van der Waals surface area contributed by atoms with Gasteiger partial charge < -0.3 is 14.3 Å². The van der Waals surface area contributed by atoms with Gasteiger partial charge in [-0.05, 0) is 39.2 Å². The van der Waals surface area contributed by atoms with Crippen LogP contribution in [0.25, 0.3) is 0 Å². The lowest BCUT2D eigenvalue weighted by atomic mass is 10.1. The molecular formula is C19H28N2O4. The molecule has 0 aliphatic carbocycles. The molecule has 6 nitrogen and oxygen atoms in total. The number of benzene rings is 1. The van der Waals surface area contributed by atoms with Crippen molar-refractivity contribution in [2.75, 3.05) is 26.2 Å². The standard InChI is InChI=1S/C19H28N2O4/c1-18(2,3)24-17(22)25-21-12-13-23-19(15-21)10-7-11-20(19)14-16-8-5-4-6-9-16/h4-6,8-9H,7,10-15H2,1-3H3. The molecule has 3 rings (SSSR count). The quantitative estimate of drug-likeness (QED) is 0.782. The smallest absolute Gasteiger partial charge is 0.427 e. The lowest BCUT2D eigenvalue weighted by Crippen LogP contribution is -2.58. The zero-order valence-corrected chi connectivity index (χ0v) is 15.4. The molecule has 0 amide bonds. The molecule has 1 unspecified atom stereocenters. The number of carbonyl (C=O) groups is 1. The number of rotatable bonds is 3. The minimum absolute atomic E-state index is 0.393. The van der Waals surface area contributed by atoms with E-state index >= 15 is 0 Å². The van der Waals surface area contributed by atoms with Gasteiger partial charge in [0, 0.05) is 13.1 Å². The van der Waals surface area contributed by atoms with Crippen LogP contribution >= 0.6 is 0 Å². The van der Waals surface area contributed by atoms with Crippen molar-refractivity contribution in [1.82, 2.24) is 9.96 Å². The molecule has 1 atom stereocenters. The van der Waals surface area contributed by atoms with Crippen molar-refractivity contribution in [3.8, 4) is 0 Å². The number of hydrogen-bond acceptors (Lipinski definition) is 6. The highest BCUT2D eigenvalue weighted by Gasteiger charge is 2.46. The third-order valence-corrected chi connectivity index (χ3v) is 4.52. The molecule has 2 aliphatic rings. The van der Waals surface area contributed by atoms with E-state index in [9.17, 15) is 4.79 Å². The Bertz CT molecular complexity index is 587. The largest absolute Gasteiger partial charge is 0.528 e. The summed E-state index contributed by atoms with van der Waals surface area (Å²) in [6.45, 7) is 8.93. The van der Waals surface area contributed by atoms with E-state index in [1.54, 1.807) is 5.06 Å². The Kier molecular flexibility index (Phi) is 5.32. The summed E-state index contributed by atoms with van der Waals surface area (Å²) in [7, 11) is 0. The van der Waals surface area contributed by atoms with Crippen LogP contribution in [-0.4, -0.2) is 53.7 Å². The maximum Gasteiger partial charge on any atom is 0.528 e. The lowest BCUT2D eigenvalue weighted by Gasteiger charge is -2.44. The van der Waals surface area contributed by atoms with E-state index in [-0.39, 0.29) is 0 Å². The first kappa shape index (κ1) is 18.2. The normalized spacial score (nSPS) is 25.2. The minimum atomic E-state index is -0.655. The summed E-state index contributed by atoms with van der Waals surface area (Å²) in [5, 5.41) is 1.68. The van der Waals surface area contributed by atoms with Crippen LogP contribution in [0.4, 0.5) is 4.79 Å². The van der Waals surface area contributed by atoms with Crippen LogP contribution < -0.4 is 0 Å². The summed E-state index contributed by atoms with van der Waals surface area (Å²) in [6, 6.07) is 10.4. The van der Waals surface area contributed by atoms with E-state index in [2.05, 4.69) is 29.2 Å². The van der Waals surface area contributed by atoms with Crippen LogP contribution in [0.5, 0.6) is 0 Å². The van der Waals surface area contributed by atoms with E-state index in [1.165, 1.54) is 5.56 Å². The van der Waals surface area contributed by atoms with Gasteiger partial charge in [-0.3, -0.25) is 4.90 Å². The van der Waals surface area contributed by atoms with Gasteiger partial charge in [-0.25, -0.2) is 4.79 Å². The van der Waals surface area contributed by atoms with Crippen LogP contribution in [0, 0.1) is 0 Å². The SMILES string of the molecule is CC(C)(C)OC(=O)ON1CCOC2(CCCN2Cc2ccccc2)C1. The Morgan fingerprint density at radius 2 is 2.00 bits per heavy atom. The molecule has 1 aromatic carbocycles. The highest BCUT2D eigenvalue weighted by Crippen LogP contribution is 2.35. The molecule has 2 heterocycles. The van der Waals surface area contributed by atoms with Crippen molar-refractivity contribution in [3.05, 3.63) is 35.9 Å². The number of nitrogens with zero attached hydrogens (tertiary/aromatic N) is 2. The van der Waals surface area contributed by atoms with Gasteiger partial charge in [-0.1, -0.05) is 30.3 Å². The zero-order chi connectivity index (χ0) is 17.9. The molecule has 6 heteroatoms. The van der Waals surface area contributed by atoms with Crippen molar-refractivity contribution in [2.24, 2.45) is 0 Å². The van der Waals surface area contributed by atoms with Crippen LogP contribution in [0.3, 0.4) is 0 Å². The van der Waals surface area contributed by atoms with Gasteiger partial charge in [-0.15, -0.1) is 5.06 Å². The Morgan fingerprint density at radius 3 is 2.72 bits per heavy atom. The number of hydrogen-bond donors (Lipinski definition) is 0. The Hall–Kier alpha value is -1.63. The first-order valence-corrected chi connectivity index (χ1v) is 8.95. The topological polar surface area (TPSA) is 51.2 Å². The fourth-order valence-corrected chi connectivity index (χ4v) is 3.47. The predicted molar refractivity (Wildman–Crippen MR) is 93.7 cm³/mol. The summed E-state index contributed by atoms with van der Waals surface area (Å²) in [5.41, 5.74) is 0.307. The second kappa shape index (κ2) is 7.32. The van der Waals surface area contributed by atoms with Gasteiger partial charge in [0.25, 0.3) is 0 Å². The maximum atomic E-state index is 12.0. The number of carbonyl (C=O) groups excluding carboxylic acids is 1. The van der Waals surface area contributed by atoms with E-state index in [4.69, 9.17) is 14.3 Å². The van der Waals surface area contributed by atoms with Gasteiger partial charge >= 0.3 is 6.16 Å². The molecular weight excluding hydrogens is 320 g/mol. The second-order valence-electron chi connectivity index (χ2n) is 7.72.